The predicted molar refractivity (Wildman–Crippen MR) is 99.6 cm³/mol. The molecule has 3 rings (SSSR count). The number of thiazole rings is 1. The van der Waals surface area contributed by atoms with Crippen LogP contribution in [0.5, 0.6) is 0 Å². The minimum Gasteiger partial charge on any atom is -0.301 e. The number of nitrogens with one attached hydrogen (secondary N) is 1. The molecule has 2 aromatic heterocycles. The third kappa shape index (κ3) is 4.23. The summed E-state index contributed by atoms with van der Waals surface area (Å²) >= 11 is 2.76. The van der Waals surface area contributed by atoms with Gasteiger partial charge in [-0.2, -0.15) is 4.68 Å². The molecule has 0 aliphatic heterocycles. The van der Waals surface area contributed by atoms with Crippen molar-refractivity contribution in [1.82, 2.24) is 25.2 Å². The van der Waals surface area contributed by atoms with Crippen molar-refractivity contribution in [2.45, 2.75) is 32.9 Å². The van der Waals surface area contributed by atoms with Crippen LogP contribution in [0.3, 0.4) is 0 Å². The summed E-state index contributed by atoms with van der Waals surface area (Å²) in [6, 6.07) is 6.11. The van der Waals surface area contributed by atoms with Gasteiger partial charge in [-0.15, -0.1) is 16.4 Å². The Morgan fingerprint density at radius 1 is 1.20 bits per heavy atom. The number of rotatable bonds is 5. The fourth-order valence-electron chi connectivity index (χ4n) is 2.32. The molecule has 1 aromatic carbocycles. The van der Waals surface area contributed by atoms with E-state index in [1.165, 1.54) is 23.1 Å². The van der Waals surface area contributed by atoms with Gasteiger partial charge in [-0.05, 0) is 61.4 Å². The first-order valence-corrected chi connectivity index (χ1v) is 9.46. The SMILES string of the molecule is Cc1cc(C)cc(-n2nnnc2SCC(=O)Nc2nc(C)c(C)s2)c1. The molecule has 130 valence electrons. The summed E-state index contributed by atoms with van der Waals surface area (Å²) in [5.41, 5.74) is 4.09. The maximum absolute atomic E-state index is 12.1. The second-order valence-corrected chi connectivity index (χ2v) is 7.86. The standard InChI is InChI=1S/C16H18N6OS2/c1-9-5-10(2)7-13(6-9)22-16(19-20-21-22)24-8-14(23)18-15-17-11(3)12(4)25-15/h5-7H,8H2,1-4H3,(H,17,18,23). The summed E-state index contributed by atoms with van der Waals surface area (Å²) in [5, 5.41) is 15.8. The summed E-state index contributed by atoms with van der Waals surface area (Å²) in [6.45, 7) is 7.96. The second-order valence-electron chi connectivity index (χ2n) is 5.72. The number of amides is 1. The number of hydrogen-bond donors (Lipinski definition) is 1. The van der Waals surface area contributed by atoms with Crippen molar-refractivity contribution in [2.24, 2.45) is 0 Å². The van der Waals surface area contributed by atoms with Crippen LogP contribution in [-0.2, 0) is 4.79 Å². The zero-order chi connectivity index (χ0) is 18.0. The largest absolute Gasteiger partial charge is 0.301 e. The lowest BCUT2D eigenvalue weighted by Gasteiger charge is -2.06. The van der Waals surface area contributed by atoms with Gasteiger partial charge in [0.05, 0.1) is 17.1 Å². The lowest BCUT2D eigenvalue weighted by atomic mass is 10.1. The van der Waals surface area contributed by atoms with Crippen LogP contribution in [0.2, 0.25) is 0 Å². The quantitative estimate of drug-likeness (QED) is 0.691. The smallest absolute Gasteiger partial charge is 0.236 e. The summed E-state index contributed by atoms with van der Waals surface area (Å²) in [5.74, 6) is 0.0803. The van der Waals surface area contributed by atoms with E-state index in [0.717, 1.165) is 27.4 Å². The maximum Gasteiger partial charge on any atom is 0.236 e. The van der Waals surface area contributed by atoms with E-state index >= 15 is 0 Å². The van der Waals surface area contributed by atoms with Gasteiger partial charge in [0.25, 0.3) is 0 Å². The Labute approximate surface area is 153 Å². The molecule has 0 unspecified atom stereocenters. The third-order valence-electron chi connectivity index (χ3n) is 3.50. The fourth-order valence-corrected chi connectivity index (χ4v) is 3.84. The first kappa shape index (κ1) is 17.6. The van der Waals surface area contributed by atoms with Crippen molar-refractivity contribution in [2.75, 3.05) is 11.1 Å². The van der Waals surface area contributed by atoms with Crippen molar-refractivity contribution in [1.29, 1.82) is 0 Å². The topological polar surface area (TPSA) is 85.6 Å². The molecule has 0 saturated carbocycles. The number of aryl methyl sites for hydroxylation is 4. The molecule has 0 bridgehead atoms. The van der Waals surface area contributed by atoms with Crippen molar-refractivity contribution in [3.8, 4) is 5.69 Å². The van der Waals surface area contributed by atoms with Gasteiger partial charge in [0, 0.05) is 4.88 Å². The van der Waals surface area contributed by atoms with E-state index in [0.29, 0.717) is 10.3 Å². The summed E-state index contributed by atoms with van der Waals surface area (Å²) in [4.78, 5) is 17.6. The van der Waals surface area contributed by atoms with Crippen LogP contribution in [0.4, 0.5) is 5.13 Å². The molecule has 1 amide bonds. The zero-order valence-electron chi connectivity index (χ0n) is 14.4. The fraction of sp³-hybridized carbons (Fsp3) is 0.312. The first-order chi connectivity index (χ1) is 11.9. The van der Waals surface area contributed by atoms with Crippen LogP contribution in [0.15, 0.2) is 23.4 Å². The van der Waals surface area contributed by atoms with E-state index in [1.807, 2.05) is 39.8 Å². The Morgan fingerprint density at radius 3 is 2.56 bits per heavy atom. The van der Waals surface area contributed by atoms with Crippen LogP contribution >= 0.6 is 23.1 Å². The van der Waals surface area contributed by atoms with Crippen molar-refractivity contribution in [3.63, 3.8) is 0 Å². The monoisotopic (exact) mass is 374 g/mol. The Hall–Kier alpha value is -2.26. The highest BCUT2D eigenvalue weighted by Crippen LogP contribution is 2.23. The molecule has 0 saturated heterocycles. The van der Waals surface area contributed by atoms with Crippen molar-refractivity contribution >= 4 is 34.1 Å². The van der Waals surface area contributed by atoms with Crippen molar-refractivity contribution in [3.05, 3.63) is 39.9 Å². The second kappa shape index (κ2) is 7.32. The van der Waals surface area contributed by atoms with Gasteiger partial charge >= 0.3 is 0 Å². The van der Waals surface area contributed by atoms with E-state index in [2.05, 4.69) is 31.9 Å². The molecule has 0 aliphatic rings. The Morgan fingerprint density at radius 2 is 1.92 bits per heavy atom. The maximum atomic E-state index is 12.1. The number of thioether (sulfide) groups is 1. The van der Waals surface area contributed by atoms with Gasteiger partial charge in [0.15, 0.2) is 5.13 Å². The summed E-state index contributed by atoms with van der Waals surface area (Å²) in [6.07, 6.45) is 0. The number of benzene rings is 1. The Bertz CT molecular complexity index is 877. The molecule has 25 heavy (non-hydrogen) atoms. The van der Waals surface area contributed by atoms with Crippen LogP contribution in [0, 0.1) is 27.7 Å². The number of tetrazole rings is 1. The minimum absolute atomic E-state index is 0.131. The molecule has 7 nitrogen and oxygen atoms in total. The molecular weight excluding hydrogens is 356 g/mol. The first-order valence-electron chi connectivity index (χ1n) is 7.66. The number of carbonyl (C=O) groups excluding carboxylic acids is 1. The molecule has 0 radical (unpaired) electrons. The van der Waals surface area contributed by atoms with Crippen LogP contribution in [0.25, 0.3) is 5.69 Å². The molecule has 0 fully saturated rings. The van der Waals surface area contributed by atoms with Gasteiger partial charge < -0.3 is 5.32 Å². The van der Waals surface area contributed by atoms with Gasteiger partial charge in [0.2, 0.25) is 11.1 Å². The number of carbonyl (C=O) groups is 1. The normalized spacial score (nSPS) is 10.9. The van der Waals surface area contributed by atoms with Crippen LogP contribution in [-0.4, -0.2) is 36.9 Å². The molecule has 0 aliphatic carbocycles. The van der Waals surface area contributed by atoms with E-state index in [-0.39, 0.29) is 11.7 Å². The van der Waals surface area contributed by atoms with E-state index in [4.69, 9.17) is 0 Å². The predicted octanol–water partition coefficient (Wildman–Crippen LogP) is 3.08. The minimum atomic E-state index is -0.131. The lowest BCUT2D eigenvalue weighted by molar-refractivity contribution is -0.113. The molecule has 2 heterocycles. The molecule has 0 spiro atoms. The molecule has 0 atom stereocenters. The highest BCUT2D eigenvalue weighted by molar-refractivity contribution is 7.99. The van der Waals surface area contributed by atoms with E-state index < -0.39 is 0 Å². The number of hydrogen-bond acceptors (Lipinski definition) is 7. The summed E-state index contributed by atoms with van der Waals surface area (Å²) in [7, 11) is 0. The molecule has 3 aromatic rings. The summed E-state index contributed by atoms with van der Waals surface area (Å²) < 4.78 is 1.65. The highest BCUT2D eigenvalue weighted by Gasteiger charge is 2.13. The van der Waals surface area contributed by atoms with Crippen molar-refractivity contribution < 1.29 is 4.79 Å². The van der Waals surface area contributed by atoms with E-state index in [9.17, 15) is 4.79 Å². The average Bonchev–Trinajstić information content (AvgIpc) is 3.11. The Balaban J connectivity index is 1.68. The molecule has 1 N–H and O–H groups in total. The van der Waals surface area contributed by atoms with Gasteiger partial charge in [-0.3, -0.25) is 4.79 Å². The van der Waals surface area contributed by atoms with Crippen LogP contribution in [0.1, 0.15) is 21.7 Å². The van der Waals surface area contributed by atoms with Gasteiger partial charge in [-0.25, -0.2) is 4.98 Å². The van der Waals surface area contributed by atoms with Crippen LogP contribution < -0.4 is 5.32 Å². The number of anilines is 1. The van der Waals surface area contributed by atoms with E-state index in [1.54, 1.807) is 4.68 Å². The third-order valence-corrected chi connectivity index (χ3v) is 5.41. The van der Waals surface area contributed by atoms with Gasteiger partial charge in [-0.1, -0.05) is 17.8 Å². The zero-order valence-corrected chi connectivity index (χ0v) is 16.0. The van der Waals surface area contributed by atoms with Gasteiger partial charge in [0.1, 0.15) is 0 Å². The lowest BCUT2D eigenvalue weighted by Crippen LogP contribution is -2.14. The number of aromatic nitrogens is 5. The molecule has 9 heteroatoms. The average molecular weight is 374 g/mol. The Kier molecular flexibility index (Phi) is 5.14. The molecular formula is C16H18N6OS2. The highest BCUT2D eigenvalue weighted by atomic mass is 32.2. The number of nitrogens with zero attached hydrogens (tertiary/aromatic N) is 5.